The molecule has 0 spiro atoms. The smallest absolute Gasteiger partial charge is 0.118 e. The molecule has 1 aromatic heterocycles. The molecule has 0 amide bonds. The van der Waals surface area contributed by atoms with Crippen molar-refractivity contribution < 1.29 is 9.15 Å². The van der Waals surface area contributed by atoms with Crippen molar-refractivity contribution in [2.24, 2.45) is 11.8 Å². The third-order valence-electron chi connectivity index (χ3n) is 4.26. The average Bonchev–Trinajstić information content (AvgIpc) is 2.79. The van der Waals surface area contributed by atoms with Crippen molar-refractivity contribution in [3.63, 3.8) is 0 Å². The first-order valence-corrected chi connectivity index (χ1v) is 8.10. The molecule has 2 atom stereocenters. The minimum absolute atomic E-state index is 0.468. The second kappa shape index (κ2) is 7.81. The molecular weight excluding hydrogens is 262 g/mol. The van der Waals surface area contributed by atoms with Crippen LogP contribution < -0.4 is 5.32 Å². The monoisotopic (exact) mass is 291 g/mol. The van der Waals surface area contributed by atoms with Gasteiger partial charge in [-0.25, -0.2) is 0 Å². The van der Waals surface area contributed by atoms with Gasteiger partial charge in [-0.1, -0.05) is 32.9 Å². The minimum Gasteiger partial charge on any atom is -0.465 e. The fourth-order valence-electron chi connectivity index (χ4n) is 2.68. The maximum Gasteiger partial charge on any atom is 0.118 e. The predicted molar refractivity (Wildman–Crippen MR) is 86.1 cm³/mol. The first-order valence-electron chi connectivity index (χ1n) is 8.10. The first kappa shape index (κ1) is 16.3. The third kappa shape index (κ3) is 5.01. The van der Waals surface area contributed by atoms with Gasteiger partial charge >= 0.3 is 0 Å². The highest BCUT2D eigenvalue weighted by Crippen LogP contribution is 2.25. The third-order valence-corrected chi connectivity index (χ3v) is 4.26. The maximum atomic E-state index is 5.94. The second-order valence-electron chi connectivity index (χ2n) is 6.53. The lowest BCUT2D eigenvalue weighted by atomic mass is 9.85. The van der Waals surface area contributed by atoms with E-state index in [1.807, 2.05) is 6.92 Å². The maximum absolute atomic E-state index is 5.94. The molecule has 118 valence electrons. The van der Waals surface area contributed by atoms with Crippen LogP contribution in [0.5, 0.6) is 0 Å². The summed E-state index contributed by atoms with van der Waals surface area (Å²) in [4.78, 5) is 0. The first-order chi connectivity index (χ1) is 10.1. The predicted octanol–water partition coefficient (Wildman–Crippen LogP) is 4.20. The Balaban J connectivity index is 1.79. The van der Waals surface area contributed by atoms with E-state index >= 15 is 0 Å². The average molecular weight is 291 g/mol. The zero-order valence-electron chi connectivity index (χ0n) is 13.8. The summed E-state index contributed by atoms with van der Waals surface area (Å²) in [6.07, 6.45) is 6.90. The highest BCUT2D eigenvalue weighted by Gasteiger charge is 2.18. The van der Waals surface area contributed by atoms with E-state index < -0.39 is 0 Å². The van der Waals surface area contributed by atoms with Gasteiger partial charge < -0.3 is 14.5 Å². The lowest BCUT2D eigenvalue weighted by Crippen LogP contribution is -2.21. The van der Waals surface area contributed by atoms with Crippen molar-refractivity contribution in [3.8, 4) is 0 Å². The van der Waals surface area contributed by atoms with E-state index in [0.29, 0.717) is 18.6 Å². The molecule has 0 saturated heterocycles. The van der Waals surface area contributed by atoms with Gasteiger partial charge in [0.05, 0.1) is 19.8 Å². The van der Waals surface area contributed by atoms with Gasteiger partial charge in [0, 0.05) is 11.6 Å². The minimum atomic E-state index is 0.468. The summed E-state index contributed by atoms with van der Waals surface area (Å²) in [5, 5.41) is 3.37. The SMILES string of the molecule is Cc1oc(CNC(C)C)cc1COCC1CC=CCC1C. The van der Waals surface area contributed by atoms with Gasteiger partial charge in [0.15, 0.2) is 0 Å². The van der Waals surface area contributed by atoms with Crippen molar-refractivity contribution >= 4 is 0 Å². The Hall–Kier alpha value is -1.06. The highest BCUT2D eigenvalue weighted by molar-refractivity contribution is 5.20. The number of hydrogen-bond acceptors (Lipinski definition) is 3. The van der Waals surface area contributed by atoms with Gasteiger partial charge in [0.25, 0.3) is 0 Å². The van der Waals surface area contributed by atoms with Gasteiger partial charge in [0.2, 0.25) is 0 Å². The standard InChI is InChI=1S/C18H29NO2/c1-13(2)19-10-18-9-17(15(4)21-18)12-20-11-16-8-6-5-7-14(16)3/h5-6,9,13-14,16,19H,7-8,10-12H2,1-4H3. The molecule has 1 aromatic rings. The molecule has 0 aromatic carbocycles. The molecule has 2 unspecified atom stereocenters. The largest absolute Gasteiger partial charge is 0.465 e. The van der Waals surface area contributed by atoms with E-state index in [4.69, 9.17) is 9.15 Å². The molecule has 0 aliphatic heterocycles. The second-order valence-corrected chi connectivity index (χ2v) is 6.53. The molecule has 21 heavy (non-hydrogen) atoms. The van der Waals surface area contributed by atoms with Crippen LogP contribution in [0.2, 0.25) is 0 Å². The van der Waals surface area contributed by atoms with Crippen molar-refractivity contribution in [3.05, 3.63) is 35.3 Å². The molecular formula is C18H29NO2. The Morgan fingerprint density at radius 3 is 2.81 bits per heavy atom. The number of hydrogen-bond donors (Lipinski definition) is 1. The lowest BCUT2D eigenvalue weighted by molar-refractivity contribution is 0.0674. The molecule has 0 fully saturated rings. The summed E-state index contributed by atoms with van der Waals surface area (Å²) in [6, 6.07) is 2.59. The summed E-state index contributed by atoms with van der Waals surface area (Å²) in [5.74, 6) is 3.36. The topological polar surface area (TPSA) is 34.4 Å². The summed E-state index contributed by atoms with van der Waals surface area (Å²) < 4.78 is 11.7. The quantitative estimate of drug-likeness (QED) is 0.764. The van der Waals surface area contributed by atoms with Crippen LogP contribution in [0.15, 0.2) is 22.6 Å². The zero-order chi connectivity index (χ0) is 15.2. The van der Waals surface area contributed by atoms with E-state index in [2.05, 4.69) is 44.3 Å². The Morgan fingerprint density at radius 2 is 2.10 bits per heavy atom. The van der Waals surface area contributed by atoms with E-state index in [1.165, 1.54) is 12.0 Å². The Morgan fingerprint density at radius 1 is 1.33 bits per heavy atom. The van der Waals surface area contributed by atoms with E-state index in [1.54, 1.807) is 0 Å². The van der Waals surface area contributed by atoms with Crippen molar-refractivity contribution in [2.75, 3.05) is 6.61 Å². The molecule has 1 aliphatic carbocycles. The van der Waals surface area contributed by atoms with Gasteiger partial charge in [-0.2, -0.15) is 0 Å². The summed E-state index contributed by atoms with van der Waals surface area (Å²) in [5.41, 5.74) is 1.18. The van der Waals surface area contributed by atoms with Gasteiger partial charge in [0.1, 0.15) is 11.5 Å². The number of furan rings is 1. The van der Waals surface area contributed by atoms with Crippen LogP contribution in [0.1, 0.15) is 50.7 Å². The van der Waals surface area contributed by atoms with Crippen LogP contribution in [0.25, 0.3) is 0 Å². The molecule has 0 bridgehead atoms. The van der Waals surface area contributed by atoms with Crippen LogP contribution in [-0.2, 0) is 17.9 Å². The summed E-state index contributed by atoms with van der Waals surface area (Å²) >= 11 is 0. The van der Waals surface area contributed by atoms with Crippen LogP contribution in [0.3, 0.4) is 0 Å². The van der Waals surface area contributed by atoms with Crippen molar-refractivity contribution in [1.82, 2.24) is 5.32 Å². The van der Waals surface area contributed by atoms with Crippen LogP contribution in [0, 0.1) is 18.8 Å². The zero-order valence-corrected chi connectivity index (χ0v) is 13.8. The fraction of sp³-hybridized carbons (Fsp3) is 0.667. The molecule has 2 rings (SSSR count). The number of rotatable bonds is 7. The molecule has 1 heterocycles. The van der Waals surface area contributed by atoms with Crippen LogP contribution in [0.4, 0.5) is 0 Å². The molecule has 3 nitrogen and oxygen atoms in total. The Kier molecular flexibility index (Phi) is 6.07. The van der Waals surface area contributed by atoms with E-state index in [9.17, 15) is 0 Å². The molecule has 1 aliphatic rings. The Bertz CT molecular complexity index is 462. The Labute approximate surface area is 128 Å². The van der Waals surface area contributed by atoms with Gasteiger partial charge in [-0.3, -0.25) is 0 Å². The number of nitrogens with one attached hydrogen (secondary N) is 1. The molecule has 3 heteroatoms. The summed E-state index contributed by atoms with van der Waals surface area (Å²) in [6.45, 7) is 10.9. The lowest BCUT2D eigenvalue weighted by Gasteiger charge is -2.24. The summed E-state index contributed by atoms with van der Waals surface area (Å²) in [7, 11) is 0. The molecule has 0 radical (unpaired) electrons. The normalized spacial score (nSPS) is 22.1. The van der Waals surface area contributed by atoms with Gasteiger partial charge in [-0.05, 0) is 37.7 Å². The highest BCUT2D eigenvalue weighted by atomic mass is 16.5. The van der Waals surface area contributed by atoms with Gasteiger partial charge in [-0.15, -0.1) is 0 Å². The molecule has 1 N–H and O–H groups in total. The van der Waals surface area contributed by atoms with E-state index in [-0.39, 0.29) is 0 Å². The number of aryl methyl sites for hydroxylation is 1. The van der Waals surface area contributed by atoms with Crippen LogP contribution >= 0.6 is 0 Å². The van der Waals surface area contributed by atoms with Crippen molar-refractivity contribution in [1.29, 1.82) is 0 Å². The molecule has 0 saturated carbocycles. The number of ether oxygens (including phenoxy) is 1. The number of allylic oxidation sites excluding steroid dienone is 2. The van der Waals surface area contributed by atoms with Crippen LogP contribution in [-0.4, -0.2) is 12.6 Å². The fourth-order valence-corrected chi connectivity index (χ4v) is 2.68. The van der Waals surface area contributed by atoms with Crippen molar-refractivity contribution in [2.45, 2.75) is 59.7 Å². The van der Waals surface area contributed by atoms with E-state index in [0.717, 1.165) is 37.0 Å².